The number of hydrogen-bond acceptors (Lipinski definition) is 3. The van der Waals surface area contributed by atoms with Crippen LogP contribution in [0.1, 0.15) is 6.92 Å². The van der Waals surface area contributed by atoms with Gasteiger partial charge in [0, 0.05) is 14.0 Å². The quantitative estimate of drug-likeness (QED) is 0.542. The Kier molecular flexibility index (Phi) is 5.50. The van der Waals surface area contributed by atoms with Gasteiger partial charge in [-0.15, -0.1) is 0 Å². The van der Waals surface area contributed by atoms with E-state index in [9.17, 15) is 57.5 Å². The Morgan fingerprint density at radius 3 is 1.00 bits per heavy atom. The summed E-state index contributed by atoms with van der Waals surface area (Å²) in [5.74, 6) is -2.71. The maximum Gasteiger partial charge on any atom is 0.441 e. The molecule has 0 bridgehead atoms. The molecule has 0 aromatic heterocycles. The van der Waals surface area contributed by atoms with Gasteiger partial charge in [0.2, 0.25) is 0 Å². The van der Waals surface area contributed by atoms with Gasteiger partial charge in [0.15, 0.2) is 0 Å². The fourth-order valence-electron chi connectivity index (χ4n) is 1.90. The highest BCUT2D eigenvalue weighted by atomic mass is 19.4. The number of ether oxygens (including phenoxy) is 2. The van der Waals surface area contributed by atoms with Crippen LogP contribution in [0.15, 0.2) is 0 Å². The molecule has 0 saturated heterocycles. The first kappa shape index (κ1) is 22.6. The number of carbonyl (C=O) groups is 1. The number of halogens is 12. The summed E-state index contributed by atoms with van der Waals surface area (Å²) in [6.45, 7) is -0.237. The van der Waals surface area contributed by atoms with E-state index in [1.54, 1.807) is 0 Å². The zero-order valence-electron chi connectivity index (χ0n) is 11.3. The molecule has 0 aliphatic heterocycles. The number of carbonyl (C=O) groups excluding carboxylic acids is 1. The summed E-state index contributed by atoms with van der Waals surface area (Å²) in [5.41, 5.74) is -14.1. The molecular formula is C9H6F12O3. The third-order valence-electron chi connectivity index (χ3n) is 2.70. The summed E-state index contributed by atoms with van der Waals surface area (Å²) in [7, 11) is -0.684. The second-order valence-electron chi connectivity index (χ2n) is 4.15. The van der Waals surface area contributed by atoms with Gasteiger partial charge in [-0.1, -0.05) is 0 Å². The van der Waals surface area contributed by atoms with Gasteiger partial charge in [0.05, 0.1) is 0 Å². The van der Waals surface area contributed by atoms with E-state index in [0.717, 1.165) is 0 Å². The molecule has 0 aromatic rings. The molecule has 15 heteroatoms. The van der Waals surface area contributed by atoms with Crippen LogP contribution in [0.2, 0.25) is 0 Å². The second kappa shape index (κ2) is 5.84. The highest BCUT2D eigenvalue weighted by molar-refractivity contribution is 5.67. The predicted octanol–water partition coefficient (Wildman–Crippen LogP) is 3.92. The Hall–Kier alpha value is -1.41. The lowest BCUT2D eigenvalue weighted by Crippen LogP contribution is -2.82. The molecule has 24 heavy (non-hydrogen) atoms. The van der Waals surface area contributed by atoms with Gasteiger partial charge in [0.25, 0.3) is 0 Å². The minimum atomic E-state index is -7.40. The molecule has 0 fully saturated rings. The summed E-state index contributed by atoms with van der Waals surface area (Å²) in [6.07, 6.45) is -29.5. The van der Waals surface area contributed by atoms with Gasteiger partial charge in [0.1, 0.15) is 0 Å². The van der Waals surface area contributed by atoms with Crippen molar-refractivity contribution in [1.29, 1.82) is 0 Å². The van der Waals surface area contributed by atoms with Crippen molar-refractivity contribution in [3.05, 3.63) is 0 Å². The topological polar surface area (TPSA) is 35.5 Å². The van der Waals surface area contributed by atoms with Crippen LogP contribution in [0.3, 0.4) is 0 Å². The van der Waals surface area contributed by atoms with Gasteiger partial charge < -0.3 is 9.47 Å². The summed E-state index contributed by atoms with van der Waals surface area (Å²) < 4.78 is 160. The van der Waals surface area contributed by atoms with Crippen molar-refractivity contribution in [2.45, 2.75) is 42.8 Å². The molecule has 0 aliphatic carbocycles. The lowest BCUT2D eigenvalue weighted by molar-refractivity contribution is -0.498. The van der Waals surface area contributed by atoms with Crippen LogP contribution in [-0.4, -0.2) is 49.0 Å². The van der Waals surface area contributed by atoms with Crippen molar-refractivity contribution < 1.29 is 67.0 Å². The van der Waals surface area contributed by atoms with Crippen LogP contribution in [0, 0.1) is 0 Å². The first-order valence-corrected chi connectivity index (χ1v) is 5.24. The number of methoxy groups -OCH3 is 1. The van der Waals surface area contributed by atoms with Crippen LogP contribution >= 0.6 is 0 Å². The Labute approximate surface area is 124 Å². The molecule has 0 amide bonds. The SMILES string of the molecule is COC(C(F)(F)F)(C(F)(F)F)C(OC(C)=O)(C(F)(F)F)C(F)(F)F. The van der Waals surface area contributed by atoms with Crippen LogP contribution in [0.25, 0.3) is 0 Å². The van der Waals surface area contributed by atoms with E-state index in [0.29, 0.717) is 0 Å². The normalized spacial score (nSPS) is 15.4. The molecule has 0 rings (SSSR count). The van der Waals surface area contributed by atoms with E-state index in [4.69, 9.17) is 0 Å². The Morgan fingerprint density at radius 1 is 0.625 bits per heavy atom. The van der Waals surface area contributed by atoms with Crippen LogP contribution < -0.4 is 0 Å². The first-order valence-electron chi connectivity index (χ1n) is 5.24. The Bertz CT molecular complexity index is 440. The first-order chi connectivity index (χ1) is 10.2. The van der Waals surface area contributed by atoms with Crippen molar-refractivity contribution in [3.63, 3.8) is 0 Å². The van der Waals surface area contributed by atoms with Crippen molar-refractivity contribution in [2.75, 3.05) is 7.11 Å². The van der Waals surface area contributed by atoms with Gasteiger partial charge in [-0.05, 0) is 0 Å². The molecule has 0 spiro atoms. The fraction of sp³-hybridized carbons (Fsp3) is 0.889. The van der Waals surface area contributed by atoms with Crippen LogP contribution in [0.5, 0.6) is 0 Å². The van der Waals surface area contributed by atoms with Crippen LogP contribution in [0.4, 0.5) is 52.7 Å². The molecule has 144 valence electrons. The number of alkyl halides is 12. The predicted molar refractivity (Wildman–Crippen MR) is 48.5 cm³/mol. The van der Waals surface area contributed by atoms with E-state index < -0.39 is 49.0 Å². The van der Waals surface area contributed by atoms with Crippen molar-refractivity contribution in [1.82, 2.24) is 0 Å². The molecule has 0 radical (unpaired) electrons. The van der Waals surface area contributed by atoms with E-state index in [-0.39, 0.29) is 6.92 Å². The van der Waals surface area contributed by atoms with Crippen LogP contribution in [-0.2, 0) is 14.3 Å². The monoisotopic (exact) mass is 390 g/mol. The number of esters is 1. The Morgan fingerprint density at radius 2 is 0.875 bits per heavy atom. The third-order valence-corrected chi connectivity index (χ3v) is 2.70. The zero-order chi connectivity index (χ0) is 20.0. The highest BCUT2D eigenvalue weighted by Gasteiger charge is 2.97. The fourth-order valence-corrected chi connectivity index (χ4v) is 1.90. The molecule has 3 nitrogen and oxygen atoms in total. The zero-order valence-corrected chi connectivity index (χ0v) is 11.3. The molecular weight excluding hydrogens is 384 g/mol. The molecule has 0 unspecified atom stereocenters. The lowest BCUT2D eigenvalue weighted by atomic mass is 9.79. The molecule has 0 aromatic carbocycles. The highest BCUT2D eigenvalue weighted by Crippen LogP contribution is 2.63. The number of rotatable bonds is 3. The van der Waals surface area contributed by atoms with E-state index in [2.05, 4.69) is 9.47 Å². The average Bonchev–Trinajstić information content (AvgIpc) is 2.20. The summed E-state index contributed by atoms with van der Waals surface area (Å²) in [6, 6.07) is 0. The van der Waals surface area contributed by atoms with Gasteiger partial charge in [-0.25, -0.2) is 0 Å². The summed E-state index contributed by atoms with van der Waals surface area (Å²) >= 11 is 0. The smallest absolute Gasteiger partial charge is 0.436 e. The third kappa shape index (κ3) is 2.97. The van der Waals surface area contributed by atoms with E-state index >= 15 is 0 Å². The molecule has 0 atom stereocenters. The minimum Gasteiger partial charge on any atom is -0.436 e. The van der Waals surface area contributed by atoms with Gasteiger partial charge in [-0.3, -0.25) is 4.79 Å². The average molecular weight is 390 g/mol. The minimum absolute atomic E-state index is 0.237. The number of hydrogen-bond donors (Lipinski definition) is 0. The summed E-state index contributed by atoms with van der Waals surface area (Å²) in [4.78, 5) is 10.6. The van der Waals surface area contributed by atoms with E-state index in [1.165, 1.54) is 0 Å². The van der Waals surface area contributed by atoms with E-state index in [1.807, 2.05) is 0 Å². The maximum atomic E-state index is 12.9. The molecule has 0 aliphatic rings. The molecule has 0 N–H and O–H groups in total. The van der Waals surface area contributed by atoms with Crippen molar-refractivity contribution in [2.24, 2.45) is 0 Å². The van der Waals surface area contributed by atoms with Gasteiger partial charge in [-0.2, -0.15) is 52.7 Å². The van der Waals surface area contributed by atoms with Gasteiger partial charge >= 0.3 is 41.9 Å². The van der Waals surface area contributed by atoms with Crippen molar-refractivity contribution >= 4 is 5.97 Å². The second-order valence-corrected chi connectivity index (χ2v) is 4.15. The molecule has 0 heterocycles. The summed E-state index contributed by atoms with van der Waals surface area (Å²) in [5, 5.41) is 0. The largest absolute Gasteiger partial charge is 0.441 e. The van der Waals surface area contributed by atoms with Crippen molar-refractivity contribution in [3.8, 4) is 0 Å². The lowest BCUT2D eigenvalue weighted by Gasteiger charge is -2.49. The maximum absolute atomic E-state index is 12.9. The molecule has 0 saturated carbocycles. The standard InChI is InChI=1S/C9H6F12O3/c1-3(22)24-5(8(16,17)18,9(19,20)21)4(23-2,6(10,11)12)7(13,14)15/h1-2H3. The Balaban J connectivity index is 7.41.